The molecule has 3 heterocycles. The number of amides is 2. The van der Waals surface area contributed by atoms with E-state index in [4.69, 9.17) is 9.84 Å². The molecule has 0 spiro atoms. The quantitative estimate of drug-likeness (QED) is 0.691. The predicted molar refractivity (Wildman–Crippen MR) is 126 cm³/mol. The van der Waals surface area contributed by atoms with E-state index in [-0.39, 0.29) is 23.3 Å². The van der Waals surface area contributed by atoms with Crippen LogP contribution in [0.4, 0.5) is 4.79 Å². The first-order valence-electron chi connectivity index (χ1n) is 11.7. The molecule has 2 N–H and O–H groups in total. The van der Waals surface area contributed by atoms with E-state index in [0.717, 1.165) is 49.3 Å². The summed E-state index contributed by atoms with van der Waals surface area (Å²) in [5.74, 6) is 0.137. The number of fused-ring (bicyclic) bond motifs is 1. The molecule has 0 bridgehead atoms. The molecule has 4 rings (SSSR count). The normalized spacial score (nSPS) is 21.8. The van der Waals surface area contributed by atoms with Crippen LogP contribution < -0.4 is 5.32 Å². The third kappa shape index (κ3) is 4.99. The lowest BCUT2D eigenvalue weighted by molar-refractivity contribution is -0.0424. The lowest BCUT2D eigenvalue weighted by Crippen LogP contribution is -2.64. The Bertz CT molecular complexity index is 1020. The van der Waals surface area contributed by atoms with Crippen LogP contribution in [0.2, 0.25) is 0 Å². The highest BCUT2D eigenvalue weighted by Gasteiger charge is 2.48. The van der Waals surface area contributed by atoms with Gasteiger partial charge in [0.2, 0.25) is 0 Å². The predicted octanol–water partition coefficient (Wildman–Crippen LogP) is 2.43. The van der Waals surface area contributed by atoms with Crippen LogP contribution in [0.15, 0.2) is 18.3 Å². The molecular formula is C24H35N5O4. The van der Waals surface area contributed by atoms with Gasteiger partial charge in [-0.3, -0.25) is 14.4 Å². The van der Waals surface area contributed by atoms with Gasteiger partial charge in [-0.15, -0.1) is 0 Å². The first-order valence-corrected chi connectivity index (χ1v) is 11.7. The Balaban J connectivity index is 1.42. The highest BCUT2D eigenvalue weighted by molar-refractivity contribution is 6.00. The van der Waals surface area contributed by atoms with E-state index >= 15 is 0 Å². The number of carbonyl (C=O) groups excluding carboxylic acids is 1. The van der Waals surface area contributed by atoms with Crippen molar-refractivity contribution >= 4 is 22.9 Å². The molecule has 0 radical (unpaired) electrons. The molecule has 0 saturated carbocycles. The highest BCUT2D eigenvalue weighted by Crippen LogP contribution is 2.39. The topological polar surface area (TPSA) is 99.9 Å². The fourth-order valence-electron chi connectivity index (χ4n) is 5.22. The Morgan fingerprint density at radius 1 is 1.24 bits per heavy atom. The lowest BCUT2D eigenvalue weighted by Gasteiger charge is -2.52. The molecule has 1 aromatic carbocycles. The minimum absolute atomic E-state index is 0.0452. The molecular weight excluding hydrogens is 422 g/mol. The first kappa shape index (κ1) is 23.5. The van der Waals surface area contributed by atoms with E-state index < -0.39 is 6.09 Å². The van der Waals surface area contributed by atoms with Crippen molar-refractivity contribution in [3.8, 4) is 0 Å². The van der Waals surface area contributed by atoms with Crippen molar-refractivity contribution in [3.05, 3.63) is 29.5 Å². The summed E-state index contributed by atoms with van der Waals surface area (Å²) in [6, 6.07) is 3.68. The summed E-state index contributed by atoms with van der Waals surface area (Å²) in [4.78, 5) is 28.2. The number of carboxylic acid groups (broad SMARTS) is 1. The van der Waals surface area contributed by atoms with E-state index in [9.17, 15) is 14.7 Å². The third-order valence-corrected chi connectivity index (χ3v) is 6.84. The zero-order chi connectivity index (χ0) is 23.8. The molecule has 33 heavy (non-hydrogen) atoms. The number of aryl methyl sites for hydroxylation is 1. The number of aromatic nitrogens is 2. The van der Waals surface area contributed by atoms with Gasteiger partial charge in [0.25, 0.3) is 5.91 Å². The van der Waals surface area contributed by atoms with Crippen molar-refractivity contribution in [1.82, 2.24) is 24.9 Å². The molecule has 2 unspecified atom stereocenters. The van der Waals surface area contributed by atoms with Crippen molar-refractivity contribution < 1.29 is 19.4 Å². The van der Waals surface area contributed by atoms with Crippen molar-refractivity contribution in [3.63, 3.8) is 0 Å². The van der Waals surface area contributed by atoms with Gasteiger partial charge in [-0.1, -0.05) is 20.8 Å². The molecule has 9 nitrogen and oxygen atoms in total. The van der Waals surface area contributed by atoms with Gasteiger partial charge >= 0.3 is 6.09 Å². The SMILES string of the molecule is Cc1c(C(=O)NCCN2CCOCC2)ccc2nn(CC3CN(C(=O)O)C3C(C)(C)C)cc12. The Morgan fingerprint density at radius 2 is 1.97 bits per heavy atom. The second-order valence-corrected chi connectivity index (χ2v) is 10.2. The molecule has 2 aliphatic heterocycles. The molecule has 2 fully saturated rings. The molecule has 180 valence electrons. The van der Waals surface area contributed by atoms with Gasteiger partial charge in [-0.25, -0.2) is 4.79 Å². The van der Waals surface area contributed by atoms with Crippen LogP contribution in [-0.4, -0.2) is 88.7 Å². The molecule has 2 saturated heterocycles. The first-order chi connectivity index (χ1) is 15.6. The molecule has 2 atom stereocenters. The summed E-state index contributed by atoms with van der Waals surface area (Å²) in [6.07, 6.45) is 1.12. The zero-order valence-corrected chi connectivity index (χ0v) is 20.0. The number of likely N-dealkylation sites (tertiary alicyclic amines) is 1. The van der Waals surface area contributed by atoms with Gasteiger partial charge in [0, 0.05) is 68.4 Å². The average molecular weight is 458 g/mol. The van der Waals surface area contributed by atoms with Crippen molar-refractivity contribution in [1.29, 1.82) is 0 Å². The van der Waals surface area contributed by atoms with Crippen LogP contribution in [0.25, 0.3) is 10.9 Å². The van der Waals surface area contributed by atoms with Crippen LogP contribution in [0.1, 0.15) is 36.7 Å². The highest BCUT2D eigenvalue weighted by atomic mass is 16.5. The Morgan fingerprint density at radius 3 is 2.64 bits per heavy atom. The van der Waals surface area contributed by atoms with Gasteiger partial charge in [-0.05, 0) is 30.0 Å². The summed E-state index contributed by atoms with van der Waals surface area (Å²) >= 11 is 0. The summed E-state index contributed by atoms with van der Waals surface area (Å²) in [6.45, 7) is 14.1. The summed E-state index contributed by atoms with van der Waals surface area (Å²) < 4.78 is 7.27. The van der Waals surface area contributed by atoms with Crippen molar-refractivity contribution in [2.75, 3.05) is 45.9 Å². The number of morpholine rings is 1. The Hall–Kier alpha value is -2.65. The van der Waals surface area contributed by atoms with E-state index in [2.05, 4.69) is 31.0 Å². The summed E-state index contributed by atoms with van der Waals surface area (Å²) in [5.41, 5.74) is 2.28. The van der Waals surface area contributed by atoms with Gasteiger partial charge in [0.05, 0.1) is 18.7 Å². The number of nitrogens with zero attached hydrogens (tertiary/aromatic N) is 4. The minimum Gasteiger partial charge on any atom is -0.465 e. The second-order valence-electron chi connectivity index (χ2n) is 10.2. The van der Waals surface area contributed by atoms with Gasteiger partial charge in [-0.2, -0.15) is 5.10 Å². The van der Waals surface area contributed by atoms with Gasteiger partial charge in [0.1, 0.15) is 0 Å². The van der Waals surface area contributed by atoms with Crippen LogP contribution in [0.3, 0.4) is 0 Å². The number of carbonyl (C=O) groups is 2. The van der Waals surface area contributed by atoms with E-state index in [1.807, 2.05) is 29.9 Å². The number of ether oxygens (including phenoxy) is 1. The fraction of sp³-hybridized carbons (Fsp3) is 0.625. The molecule has 9 heteroatoms. The van der Waals surface area contributed by atoms with E-state index in [1.54, 1.807) is 0 Å². The molecule has 2 aliphatic rings. The van der Waals surface area contributed by atoms with Crippen molar-refractivity contribution in [2.24, 2.45) is 11.3 Å². The van der Waals surface area contributed by atoms with Gasteiger partial charge < -0.3 is 20.1 Å². The van der Waals surface area contributed by atoms with Gasteiger partial charge in [0.15, 0.2) is 0 Å². The standard InChI is InChI=1S/C24H35N5O4/c1-16-18(22(30)25-7-8-27-9-11-33-12-10-27)5-6-20-19(16)15-28(26-20)13-17-14-29(23(31)32)21(17)24(2,3)4/h5-6,15,17,21H,7-14H2,1-4H3,(H,25,30)(H,31,32). The van der Waals surface area contributed by atoms with Crippen LogP contribution >= 0.6 is 0 Å². The molecule has 1 aromatic heterocycles. The third-order valence-electron chi connectivity index (χ3n) is 6.84. The number of hydrogen-bond acceptors (Lipinski definition) is 5. The zero-order valence-electron chi connectivity index (χ0n) is 20.0. The lowest BCUT2D eigenvalue weighted by atomic mass is 9.72. The Labute approximate surface area is 194 Å². The largest absolute Gasteiger partial charge is 0.465 e. The average Bonchev–Trinajstić information content (AvgIpc) is 3.14. The van der Waals surface area contributed by atoms with Crippen LogP contribution in [0.5, 0.6) is 0 Å². The number of benzene rings is 1. The smallest absolute Gasteiger partial charge is 0.407 e. The second kappa shape index (κ2) is 9.30. The van der Waals surface area contributed by atoms with E-state index in [0.29, 0.717) is 25.2 Å². The van der Waals surface area contributed by atoms with Crippen LogP contribution in [0, 0.1) is 18.3 Å². The fourth-order valence-corrected chi connectivity index (χ4v) is 5.22. The summed E-state index contributed by atoms with van der Waals surface area (Å²) in [5, 5.41) is 18.2. The van der Waals surface area contributed by atoms with Crippen LogP contribution in [-0.2, 0) is 11.3 Å². The Kier molecular flexibility index (Phi) is 6.63. The number of rotatable bonds is 6. The minimum atomic E-state index is -0.864. The number of nitrogens with one attached hydrogen (secondary N) is 1. The number of hydrogen-bond donors (Lipinski definition) is 2. The molecule has 0 aliphatic carbocycles. The maximum absolute atomic E-state index is 12.8. The summed E-state index contributed by atoms with van der Waals surface area (Å²) in [7, 11) is 0. The maximum Gasteiger partial charge on any atom is 0.407 e. The van der Waals surface area contributed by atoms with E-state index in [1.165, 1.54) is 4.90 Å². The van der Waals surface area contributed by atoms with Crippen molar-refractivity contribution in [2.45, 2.75) is 40.3 Å². The maximum atomic E-state index is 12.8. The molecule has 2 aromatic rings. The monoisotopic (exact) mass is 457 g/mol. The molecule has 2 amide bonds.